The minimum atomic E-state index is 0.551. The van der Waals surface area contributed by atoms with Crippen LogP contribution in [-0.4, -0.2) is 0 Å². The summed E-state index contributed by atoms with van der Waals surface area (Å²) in [6, 6.07) is 14.1. The zero-order valence-electron chi connectivity index (χ0n) is 10.2. The quantitative estimate of drug-likeness (QED) is 0.815. The van der Waals surface area contributed by atoms with Crippen molar-refractivity contribution in [1.29, 1.82) is 0 Å². The number of rotatable bonds is 3. The van der Waals surface area contributed by atoms with Gasteiger partial charge in [0, 0.05) is 0 Å². The largest absolute Gasteiger partial charge is 0.486 e. The Morgan fingerprint density at radius 1 is 0.941 bits per heavy atom. The molecule has 2 nitrogen and oxygen atoms in total. The van der Waals surface area contributed by atoms with E-state index in [-0.39, 0.29) is 0 Å². The minimum Gasteiger partial charge on any atom is -0.486 e. The normalized spacial score (nSPS) is 10.2. The van der Waals surface area contributed by atoms with Gasteiger partial charge in [0.1, 0.15) is 12.4 Å². The van der Waals surface area contributed by atoms with E-state index in [0.29, 0.717) is 6.61 Å². The van der Waals surface area contributed by atoms with Crippen molar-refractivity contribution < 1.29 is 4.74 Å². The summed E-state index contributed by atoms with van der Waals surface area (Å²) in [6.07, 6.45) is 0. The van der Waals surface area contributed by atoms with Gasteiger partial charge in [0.05, 0.1) is 5.69 Å². The van der Waals surface area contributed by atoms with Crippen LogP contribution >= 0.6 is 0 Å². The third-order valence-electron chi connectivity index (χ3n) is 2.84. The van der Waals surface area contributed by atoms with Crippen LogP contribution in [0, 0.1) is 13.8 Å². The van der Waals surface area contributed by atoms with Gasteiger partial charge in [-0.25, -0.2) is 0 Å². The molecule has 0 saturated heterocycles. The standard InChI is InChI=1S/C15H17NO/c1-11-8-9-12(2)15(14(11)16)17-10-13-6-4-3-5-7-13/h3-9H,10,16H2,1-2H3. The van der Waals surface area contributed by atoms with E-state index in [9.17, 15) is 0 Å². The van der Waals surface area contributed by atoms with Crippen LogP contribution in [-0.2, 0) is 6.61 Å². The van der Waals surface area contributed by atoms with Crippen LogP contribution in [0.3, 0.4) is 0 Å². The van der Waals surface area contributed by atoms with Crippen LogP contribution in [0.25, 0.3) is 0 Å². The van der Waals surface area contributed by atoms with Crippen LogP contribution in [0.4, 0.5) is 5.69 Å². The molecule has 0 heterocycles. The predicted molar refractivity (Wildman–Crippen MR) is 71.1 cm³/mol. The Bertz CT molecular complexity index is 506. The van der Waals surface area contributed by atoms with Crippen LogP contribution < -0.4 is 10.5 Å². The lowest BCUT2D eigenvalue weighted by Crippen LogP contribution is -2.01. The van der Waals surface area contributed by atoms with Crippen molar-refractivity contribution in [2.45, 2.75) is 20.5 Å². The molecule has 0 unspecified atom stereocenters. The summed E-state index contributed by atoms with van der Waals surface area (Å²) in [5.74, 6) is 0.800. The number of anilines is 1. The van der Waals surface area contributed by atoms with Crippen molar-refractivity contribution in [2.24, 2.45) is 0 Å². The Morgan fingerprint density at radius 3 is 2.29 bits per heavy atom. The zero-order chi connectivity index (χ0) is 12.3. The number of hydrogen-bond donors (Lipinski definition) is 1. The second-order valence-corrected chi connectivity index (χ2v) is 4.22. The van der Waals surface area contributed by atoms with Gasteiger partial charge >= 0.3 is 0 Å². The summed E-state index contributed by atoms with van der Waals surface area (Å²) in [4.78, 5) is 0. The Hall–Kier alpha value is -1.96. The molecule has 0 bridgehead atoms. The second-order valence-electron chi connectivity index (χ2n) is 4.22. The monoisotopic (exact) mass is 227 g/mol. The SMILES string of the molecule is Cc1ccc(C)c(OCc2ccccc2)c1N. The maximum Gasteiger partial charge on any atom is 0.145 e. The molecule has 2 N–H and O–H groups in total. The highest BCUT2D eigenvalue weighted by molar-refractivity contribution is 5.61. The topological polar surface area (TPSA) is 35.2 Å². The Kier molecular flexibility index (Phi) is 3.33. The molecule has 88 valence electrons. The third-order valence-corrected chi connectivity index (χ3v) is 2.84. The van der Waals surface area contributed by atoms with Crippen molar-refractivity contribution in [1.82, 2.24) is 0 Å². The van der Waals surface area contributed by atoms with Gasteiger partial charge in [-0.15, -0.1) is 0 Å². The molecular weight excluding hydrogens is 210 g/mol. The Morgan fingerprint density at radius 2 is 1.59 bits per heavy atom. The van der Waals surface area contributed by atoms with Crippen LogP contribution in [0.15, 0.2) is 42.5 Å². The lowest BCUT2D eigenvalue weighted by atomic mass is 10.1. The first-order valence-corrected chi connectivity index (χ1v) is 5.71. The fourth-order valence-electron chi connectivity index (χ4n) is 1.73. The number of nitrogens with two attached hydrogens (primary N) is 1. The molecule has 0 radical (unpaired) electrons. The van der Waals surface area contributed by atoms with Crippen molar-refractivity contribution in [3.05, 3.63) is 59.2 Å². The van der Waals surface area contributed by atoms with E-state index in [4.69, 9.17) is 10.5 Å². The number of benzene rings is 2. The molecule has 0 aliphatic heterocycles. The maximum atomic E-state index is 6.02. The molecule has 0 spiro atoms. The number of nitrogen functional groups attached to an aromatic ring is 1. The Labute approximate surface area is 102 Å². The van der Waals surface area contributed by atoms with Crippen LogP contribution in [0.2, 0.25) is 0 Å². The van der Waals surface area contributed by atoms with Crippen LogP contribution in [0.1, 0.15) is 16.7 Å². The molecule has 2 rings (SSSR count). The van der Waals surface area contributed by atoms with Gasteiger partial charge in [0.25, 0.3) is 0 Å². The van der Waals surface area contributed by atoms with Gasteiger partial charge in [-0.3, -0.25) is 0 Å². The molecule has 17 heavy (non-hydrogen) atoms. The van der Waals surface area contributed by atoms with Gasteiger partial charge in [-0.05, 0) is 30.5 Å². The fraction of sp³-hybridized carbons (Fsp3) is 0.200. The first-order valence-electron chi connectivity index (χ1n) is 5.71. The zero-order valence-corrected chi connectivity index (χ0v) is 10.2. The highest BCUT2D eigenvalue weighted by Crippen LogP contribution is 2.29. The molecular formula is C15H17NO. The molecule has 0 aliphatic rings. The van der Waals surface area contributed by atoms with Gasteiger partial charge < -0.3 is 10.5 Å². The van der Waals surface area contributed by atoms with Crippen molar-refractivity contribution in [3.8, 4) is 5.75 Å². The van der Waals surface area contributed by atoms with E-state index in [0.717, 1.165) is 28.1 Å². The highest BCUT2D eigenvalue weighted by atomic mass is 16.5. The average molecular weight is 227 g/mol. The van der Waals surface area contributed by atoms with E-state index in [1.165, 1.54) is 0 Å². The molecule has 0 atom stereocenters. The summed E-state index contributed by atoms with van der Waals surface area (Å²) in [5.41, 5.74) is 10.0. The molecule has 0 fully saturated rings. The van der Waals surface area contributed by atoms with Gasteiger partial charge in [0.2, 0.25) is 0 Å². The lowest BCUT2D eigenvalue weighted by molar-refractivity contribution is 0.305. The molecule has 0 saturated carbocycles. The summed E-state index contributed by atoms with van der Waals surface area (Å²) in [6.45, 7) is 4.55. The number of aryl methyl sites for hydroxylation is 2. The highest BCUT2D eigenvalue weighted by Gasteiger charge is 2.07. The molecule has 2 heteroatoms. The number of ether oxygens (including phenoxy) is 1. The van der Waals surface area contributed by atoms with Gasteiger partial charge in [-0.1, -0.05) is 42.5 Å². The van der Waals surface area contributed by atoms with Crippen molar-refractivity contribution >= 4 is 5.69 Å². The summed E-state index contributed by atoms with van der Waals surface area (Å²) in [7, 11) is 0. The van der Waals surface area contributed by atoms with Gasteiger partial charge in [-0.2, -0.15) is 0 Å². The molecule has 0 aliphatic carbocycles. The van der Waals surface area contributed by atoms with Crippen LogP contribution in [0.5, 0.6) is 5.75 Å². The van der Waals surface area contributed by atoms with E-state index < -0.39 is 0 Å². The minimum absolute atomic E-state index is 0.551. The summed E-state index contributed by atoms with van der Waals surface area (Å²) >= 11 is 0. The molecule has 2 aromatic rings. The summed E-state index contributed by atoms with van der Waals surface area (Å²) in [5, 5.41) is 0. The first kappa shape index (κ1) is 11.5. The second kappa shape index (κ2) is 4.91. The van der Waals surface area contributed by atoms with Crippen molar-refractivity contribution in [2.75, 3.05) is 5.73 Å². The average Bonchev–Trinajstić information content (AvgIpc) is 2.35. The van der Waals surface area contributed by atoms with E-state index in [2.05, 4.69) is 0 Å². The van der Waals surface area contributed by atoms with E-state index in [1.807, 2.05) is 56.3 Å². The van der Waals surface area contributed by atoms with Crippen molar-refractivity contribution in [3.63, 3.8) is 0 Å². The lowest BCUT2D eigenvalue weighted by Gasteiger charge is -2.13. The van der Waals surface area contributed by atoms with E-state index >= 15 is 0 Å². The molecule has 0 amide bonds. The summed E-state index contributed by atoms with van der Waals surface area (Å²) < 4.78 is 5.81. The fourth-order valence-corrected chi connectivity index (χ4v) is 1.73. The first-order chi connectivity index (χ1) is 8.18. The molecule has 2 aromatic carbocycles. The maximum absolute atomic E-state index is 6.02. The smallest absolute Gasteiger partial charge is 0.145 e. The third kappa shape index (κ3) is 2.59. The predicted octanol–water partition coefficient (Wildman–Crippen LogP) is 3.46. The number of hydrogen-bond acceptors (Lipinski definition) is 2. The molecule has 0 aromatic heterocycles. The van der Waals surface area contributed by atoms with E-state index in [1.54, 1.807) is 0 Å². The Balaban J connectivity index is 2.17. The van der Waals surface area contributed by atoms with Gasteiger partial charge in [0.15, 0.2) is 0 Å².